The van der Waals surface area contributed by atoms with Crippen LogP contribution in [0.15, 0.2) is 18.2 Å². The first-order valence-electron chi connectivity index (χ1n) is 3.89. The predicted molar refractivity (Wildman–Crippen MR) is 50.8 cm³/mol. The SMILES string of the molecule is Cc1ccc(OP(=O)(O)O)c(C(=O)O)c1. The minimum Gasteiger partial charge on any atom is -0.478 e. The van der Waals surface area contributed by atoms with Gasteiger partial charge in [-0.05, 0) is 19.1 Å². The summed E-state index contributed by atoms with van der Waals surface area (Å²) in [5, 5.41) is 8.75. The van der Waals surface area contributed by atoms with Gasteiger partial charge in [0.1, 0.15) is 11.3 Å². The lowest BCUT2D eigenvalue weighted by molar-refractivity contribution is 0.0694. The van der Waals surface area contributed by atoms with Crippen LogP contribution in [0.4, 0.5) is 0 Å². The number of carbonyl (C=O) groups is 1. The second-order valence-electron chi connectivity index (χ2n) is 2.89. The molecule has 0 fully saturated rings. The van der Waals surface area contributed by atoms with Gasteiger partial charge in [0.25, 0.3) is 0 Å². The molecule has 0 amide bonds. The molecular formula is C8H9O6P. The van der Waals surface area contributed by atoms with Crippen LogP contribution in [0.2, 0.25) is 0 Å². The molecule has 3 N–H and O–H groups in total. The van der Waals surface area contributed by atoms with E-state index >= 15 is 0 Å². The fraction of sp³-hybridized carbons (Fsp3) is 0.125. The van der Waals surface area contributed by atoms with Crippen molar-refractivity contribution in [2.45, 2.75) is 6.92 Å². The van der Waals surface area contributed by atoms with Gasteiger partial charge in [0.15, 0.2) is 0 Å². The van der Waals surface area contributed by atoms with Gasteiger partial charge in [0, 0.05) is 0 Å². The quantitative estimate of drug-likeness (QED) is 0.675. The molecule has 6 nitrogen and oxygen atoms in total. The third-order valence-electron chi connectivity index (χ3n) is 1.58. The first-order valence-corrected chi connectivity index (χ1v) is 5.42. The zero-order valence-electron chi connectivity index (χ0n) is 7.75. The summed E-state index contributed by atoms with van der Waals surface area (Å²) in [5.41, 5.74) is 0.379. The monoisotopic (exact) mass is 232 g/mol. The van der Waals surface area contributed by atoms with Crippen molar-refractivity contribution in [3.8, 4) is 5.75 Å². The summed E-state index contributed by atoms with van der Waals surface area (Å²) < 4.78 is 14.8. The van der Waals surface area contributed by atoms with Crippen molar-refractivity contribution < 1.29 is 28.8 Å². The van der Waals surface area contributed by atoms with Crippen molar-refractivity contribution >= 4 is 13.8 Å². The molecule has 0 aromatic heterocycles. The van der Waals surface area contributed by atoms with E-state index in [4.69, 9.17) is 14.9 Å². The largest absolute Gasteiger partial charge is 0.524 e. The number of aryl methyl sites for hydroxylation is 1. The number of carboxylic acid groups (broad SMARTS) is 1. The molecule has 1 rings (SSSR count). The minimum atomic E-state index is -4.73. The molecule has 0 unspecified atom stereocenters. The van der Waals surface area contributed by atoms with Crippen LogP contribution in [0.3, 0.4) is 0 Å². The van der Waals surface area contributed by atoms with Crippen LogP contribution >= 0.6 is 7.82 Å². The van der Waals surface area contributed by atoms with Gasteiger partial charge < -0.3 is 9.63 Å². The average Bonchev–Trinajstić information content (AvgIpc) is 2.05. The molecule has 0 atom stereocenters. The minimum absolute atomic E-state index is 0.279. The van der Waals surface area contributed by atoms with Gasteiger partial charge in [-0.15, -0.1) is 0 Å². The molecule has 0 aliphatic rings. The first-order chi connectivity index (χ1) is 6.79. The van der Waals surface area contributed by atoms with Gasteiger partial charge in [-0.3, -0.25) is 9.79 Å². The second kappa shape index (κ2) is 4.02. The number of benzene rings is 1. The lowest BCUT2D eigenvalue weighted by atomic mass is 10.1. The Morgan fingerprint density at radius 2 is 2.00 bits per heavy atom. The summed E-state index contributed by atoms with van der Waals surface area (Å²) in [6.45, 7) is 1.66. The number of phosphoric ester groups is 1. The number of hydrogen-bond acceptors (Lipinski definition) is 3. The molecular weight excluding hydrogens is 223 g/mol. The fourth-order valence-corrected chi connectivity index (χ4v) is 1.43. The van der Waals surface area contributed by atoms with Crippen molar-refractivity contribution in [1.82, 2.24) is 0 Å². The third-order valence-corrected chi connectivity index (χ3v) is 2.02. The van der Waals surface area contributed by atoms with Gasteiger partial charge in [-0.2, -0.15) is 0 Å². The molecule has 0 aliphatic heterocycles. The Balaban J connectivity index is 3.18. The van der Waals surface area contributed by atoms with Crippen LogP contribution in [-0.2, 0) is 4.57 Å². The van der Waals surface area contributed by atoms with Crippen LogP contribution < -0.4 is 4.52 Å². The van der Waals surface area contributed by atoms with E-state index in [2.05, 4.69) is 4.52 Å². The van der Waals surface area contributed by atoms with Crippen LogP contribution in [0.25, 0.3) is 0 Å². The number of phosphoric acid groups is 1. The van der Waals surface area contributed by atoms with E-state index in [9.17, 15) is 9.36 Å². The Morgan fingerprint density at radius 3 is 2.47 bits per heavy atom. The van der Waals surface area contributed by atoms with Gasteiger partial charge in [0.2, 0.25) is 0 Å². The van der Waals surface area contributed by atoms with Gasteiger partial charge in [-0.1, -0.05) is 11.6 Å². The zero-order valence-corrected chi connectivity index (χ0v) is 8.64. The number of carboxylic acids is 1. The van der Waals surface area contributed by atoms with Crippen molar-refractivity contribution in [3.05, 3.63) is 29.3 Å². The molecule has 0 spiro atoms. The van der Waals surface area contributed by atoms with Gasteiger partial charge in [0.05, 0.1) is 0 Å². The van der Waals surface area contributed by atoms with Gasteiger partial charge >= 0.3 is 13.8 Å². The molecule has 0 radical (unpaired) electrons. The Kier molecular flexibility index (Phi) is 3.14. The van der Waals surface area contributed by atoms with Crippen molar-refractivity contribution in [1.29, 1.82) is 0 Å². The highest BCUT2D eigenvalue weighted by atomic mass is 31.2. The molecule has 82 valence electrons. The smallest absolute Gasteiger partial charge is 0.478 e. The summed E-state index contributed by atoms with van der Waals surface area (Å²) in [6, 6.07) is 3.97. The van der Waals surface area contributed by atoms with Crippen LogP contribution in [0, 0.1) is 6.92 Å². The Bertz CT molecular complexity index is 435. The van der Waals surface area contributed by atoms with Crippen LogP contribution in [-0.4, -0.2) is 20.9 Å². The predicted octanol–water partition coefficient (Wildman–Crippen LogP) is 1.16. The topological polar surface area (TPSA) is 104 Å². The Labute approximate surface area is 85.4 Å². The number of hydrogen-bond donors (Lipinski definition) is 3. The zero-order chi connectivity index (χ0) is 11.6. The van der Waals surface area contributed by atoms with E-state index in [0.717, 1.165) is 0 Å². The normalized spacial score (nSPS) is 11.1. The lowest BCUT2D eigenvalue weighted by Crippen LogP contribution is -2.02. The van der Waals surface area contributed by atoms with E-state index in [-0.39, 0.29) is 11.3 Å². The van der Waals surface area contributed by atoms with Gasteiger partial charge in [-0.25, -0.2) is 9.36 Å². The molecule has 0 heterocycles. The number of rotatable bonds is 3. The van der Waals surface area contributed by atoms with E-state index in [1.54, 1.807) is 6.92 Å². The van der Waals surface area contributed by atoms with Crippen LogP contribution in [0.1, 0.15) is 15.9 Å². The van der Waals surface area contributed by atoms with E-state index < -0.39 is 13.8 Å². The maximum atomic E-state index is 10.7. The fourth-order valence-electron chi connectivity index (χ4n) is 1.02. The Hall–Kier alpha value is -1.36. The van der Waals surface area contributed by atoms with Crippen molar-refractivity contribution in [2.75, 3.05) is 0 Å². The molecule has 7 heteroatoms. The summed E-state index contributed by atoms with van der Waals surface area (Å²) in [6.07, 6.45) is 0. The highest BCUT2D eigenvalue weighted by Crippen LogP contribution is 2.39. The maximum absolute atomic E-state index is 10.7. The van der Waals surface area contributed by atoms with Crippen molar-refractivity contribution in [3.63, 3.8) is 0 Å². The first kappa shape index (κ1) is 11.7. The molecule has 1 aromatic rings. The van der Waals surface area contributed by atoms with E-state index in [1.165, 1.54) is 18.2 Å². The summed E-state index contributed by atoms with van der Waals surface area (Å²) in [5.74, 6) is -1.65. The summed E-state index contributed by atoms with van der Waals surface area (Å²) in [4.78, 5) is 27.8. The molecule has 0 saturated carbocycles. The standard InChI is InChI=1S/C8H9O6P/c1-5-2-3-7(14-15(11,12)13)6(4-5)8(9)10/h2-4H,1H3,(H,9,10)(H2,11,12,13). The molecule has 0 saturated heterocycles. The highest BCUT2D eigenvalue weighted by molar-refractivity contribution is 7.46. The summed E-state index contributed by atoms with van der Waals surface area (Å²) >= 11 is 0. The Morgan fingerprint density at radius 1 is 1.40 bits per heavy atom. The highest BCUT2D eigenvalue weighted by Gasteiger charge is 2.20. The van der Waals surface area contributed by atoms with Crippen LogP contribution in [0.5, 0.6) is 5.75 Å². The third kappa shape index (κ3) is 3.36. The average molecular weight is 232 g/mol. The summed E-state index contributed by atoms with van der Waals surface area (Å²) in [7, 11) is -4.73. The maximum Gasteiger partial charge on any atom is 0.524 e. The molecule has 0 bridgehead atoms. The van der Waals surface area contributed by atoms with Crippen molar-refractivity contribution in [2.24, 2.45) is 0 Å². The lowest BCUT2D eigenvalue weighted by Gasteiger charge is -2.09. The molecule has 0 aliphatic carbocycles. The molecule has 1 aromatic carbocycles. The number of aromatic carboxylic acids is 1. The second-order valence-corrected chi connectivity index (χ2v) is 4.05. The van der Waals surface area contributed by atoms with E-state index in [1.807, 2.05) is 0 Å². The molecule has 15 heavy (non-hydrogen) atoms. The van der Waals surface area contributed by atoms with E-state index in [0.29, 0.717) is 5.56 Å².